The highest BCUT2D eigenvalue weighted by molar-refractivity contribution is 8.13. The molecule has 2 atom stereocenters. The van der Waals surface area contributed by atoms with Crippen molar-refractivity contribution >= 4 is 34.7 Å². The van der Waals surface area contributed by atoms with Gasteiger partial charge in [0, 0.05) is 33.3 Å². The van der Waals surface area contributed by atoms with Gasteiger partial charge in [0.15, 0.2) is 22.7 Å². The number of thioether (sulfide) groups is 1. The van der Waals surface area contributed by atoms with Crippen molar-refractivity contribution in [2.45, 2.75) is 50.7 Å². The highest BCUT2D eigenvalue weighted by Gasteiger charge is 2.46. The summed E-state index contributed by atoms with van der Waals surface area (Å²) in [4.78, 5) is 48.6. The minimum absolute atomic E-state index is 0.00622. The molecular weight excluding hydrogens is 440 g/mol. The van der Waals surface area contributed by atoms with Crippen LogP contribution in [0.4, 0.5) is 4.79 Å². The molecule has 0 saturated heterocycles. The molecule has 1 aromatic rings. The second kappa shape index (κ2) is 13.8. The number of carbonyl (C=O) groups is 4. The van der Waals surface area contributed by atoms with Gasteiger partial charge in [-0.25, -0.2) is 9.59 Å². The number of hydrogen-bond acceptors (Lipinski definition) is 9. The lowest BCUT2D eigenvalue weighted by Gasteiger charge is -2.29. The Kier molecular flexibility index (Phi) is 11.9. The summed E-state index contributed by atoms with van der Waals surface area (Å²) in [7, 11) is 2.75. The molecular formula is C21H30N2O8S. The number of carboxylic acids is 1. The normalized spacial score (nSPS) is 13.8. The van der Waals surface area contributed by atoms with E-state index in [1.54, 1.807) is 24.3 Å². The van der Waals surface area contributed by atoms with Crippen molar-refractivity contribution in [2.24, 2.45) is 5.73 Å². The molecule has 0 aliphatic rings. The monoisotopic (exact) mass is 470 g/mol. The topological polar surface area (TPSA) is 154 Å². The molecule has 0 aliphatic heterocycles. The Bertz CT molecular complexity index is 772. The number of ether oxygens (including phenoxy) is 3. The van der Waals surface area contributed by atoms with Gasteiger partial charge in [-0.3, -0.25) is 9.59 Å². The zero-order valence-electron chi connectivity index (χ0n) is 18.4. The number of carbonyl (C=O) groups excluding carboxylic acids is 3. The van der Waals surface area contributed by atoms with Crippen LogP contribution in [-0.2, 0) is 35.2 Å². The predicted octanol–water partition coefficient (Wildman–Crippen LogP) is 1.70. The van der Waals surface area contributed by atoms with Gasteiger partial charge in [0.1, 0.15) is 6.61 Å². The van der Waals surface area contributed by atoms with Crippen LogP contribution in [0, 0.1) is 0 Å². The van der Waals surface area contributed by atoms with Gasteiger partial charge in [0.2, 0.25) is 0 Å². The first-order valence-electron chi connectivity index (χ1n) is 9.86. The average molecular weight is 471 g/mol. The van der Waals surface area contributed by atoms with Crippen molar-refractivity contribution in [3.05, 3.63) is 35.9 Å². The Labute approximate surface area is 191 Å². The van der Waals surface area contributed by atoms with Crippen LogP contribution in [0.15, 0.2) is 30.3 Å². The smallest absolute Gasteiger partial charge is 0.408 e. The maximum Gasteiger partial charge on any atom is 0.408 e. The lowest BCUT2D eigenvalue weighted by molar-refractivity contribution is -0.151. The Balaban J connectivity index is 2.93. The fraction of sp³-hybridized carbons (Fsp3) is 0.524. The van der Waals surface area contributed by atoms with Gasteiger partial charge < -0.3 is 30.4 Å². The molecule has 0 saturated carbocycles. The molecule has 0 spiro atoms. The number of benzene rings is 1. The Hall–Kier alpha value is -2.47. The zero-order valence-corrected chi connectivity index (χ0v) is 19.2. The molecule has 1 rings (SSSR count). The third kappa shape index (κ3) is 8.95. The van der Waals surface area contributed by atoms with Crippen LogP contribution >= 0.6 is 11.8 Å². The predicted molar refractivity (Wildman–Crippen MR) is 118 cm³/mol. The minimum atomic E-state index is -2.30. The van der Waals surface area contributed by atoms with E-state index in [1.165, 1.54) is 21.1 Å². The summed E-state index contributed by atoms with van der Waals surface area (Å²) in [5.74, 6) is -2.27. The van der Waals surface area contributed by atoms with E-state index in [9.17, 15) is 24.3 Å². The van der Waals surface area contributed by atoms with Gasteiger partial charge >= 0.3 is 12.1 Å². The molecule has 0 radical (unpaired) electrons. The van der Waals surface area contributed by atoms with Crippen LogP contribution in [0.1, 0.15) is 31.7 Å². The molecule has 10 nitrogen and oxygen atoms in total. The van der Waals surface area contributed by atoms with Gasteiger partial charge in [0.05, 0.1) is 6.04 Å². The summed E-state index contributed by atoms with van der Waals surface area (Å²) in [6, 6.07) is 7.63. The number of alkyl carbamates (subject to hydrolysis) is 1. The highest BCUT2D eigenvalue weighted by atomic mass is 32.2. The van der Waals surface area contributed by atoms with Crippen LogP contribution in [0.5, 0.6) is 0 Å². The number of rotatable bonds is 14. The van der Waals surface area contributed by atoms with Crippen LogP contribution in [-0.4, -0.2) is 65.9 Å². The molecule has 0 fully saturated rings. The number of hydrogen-bond donors (Lipinski definition) is 3. The number of methoxy groups -OCH3 is 2. The van der Waals surface area contributed by atoms with E-state index in [-0.39, 0.29) is 36.7 Å². The van der Waals surface area contributed by atoms with Crippen LogP contribution in [0.25, 0.3) is 0 Å². The van der Waals surface area contributed by atoms with Gasteiger partial charge in [0.25, 0.3) is 0 Å². The lowest BCUT2D eigenvalue weighted by atomic mass is 9.85. The van der Waals surface area contributed by atoms with Crippen molar-refractivity contribution in [2.75, 3.05) is 20.0 Å². The summed E-state index contributed by atoms with van der Waals surface area (Å²) in [6.45, 7) is 1.33. The number of nitrogens with two attached hydrogens (primary N) is 1. The SMILES string of the molecule is COC(CCC(N)(C(=O)O)C(=O)C(CCSC(C)=O)NC(=O)OCc1ccccc1)OC. The minimum Gasteiger partial charge on any atom is -0.480 e. The second-order valence-electron chi connectivity index (χ2n) is 6.97. The Morgan fingerprint density at radius 2 is 1.75 bits per heavy atom. The third-order valence-electron chi connectivity index (χ3n) is 4.65. The molecule has 11 heteroatoms. The maximum atomic E-state index is 13.1. The first kappa shape index (κ1) is 27.6. The lowest BCUT2D eigenvalue weighted by Crippen LogP contribution is -2.62. The first-order chi connectivity index (χ1) is 15.1. The van der Waals surface area contributed by atoms with E-state index >= 15 is 0 Å². The molecule has 178 valence electrons. The molecule has 32 heavy (non-hydrogen) atoms. The molecule has 0 aromatic heterocycles. The number of nitrogens with one attached hydrogen (secondary N) is 1. The van der Waals surface area contributed by atoms with E-state index in [0.717, 1.165) is 17.3 Å². The average Bonchev–Trinajstić information content (AvgIpc) is 2.77. The van der Waals surface area contributed by atoms with E-state index in [2.05, 4.69) is 5.32 Å². The molecule has 0 bridgehead atoms. The van der Waals surface area contributed by atoms with Crippen molar-refractivity contribution in [1.29, 1.82) is 0 Å². The second-order valence-corrected chi connectivity index (χ2v) is 8.24. The summed E-state index contributed by atoms with van der Waals surface area (Å²) < 4.78 is 15.2. The number of carboxylic acid groups (broad SMARTS) is 1. The van der Waals surface area contributed by atoms with E-state index in [1.807, 2.05) is 6.07 Å². The van der Waals surface area contributed by atoms with Gasteiger partial charge in [-0.1, -0.05) is 42.1 Å². The number of ketones is 1. The van der Waals surface area contributed by atoms with Gasteiger partial charge in [-0.15, -0.1) is 0 Å². The fourth-order valence-corrected chi connectivity index (χ4v) is 3.46. The van der Waals surface area contributed by atoms with Crippen molar-refractivity contribution < 1.29 is 38.5 Å². The number of Topliss-reactive ketones (excluding diaryl/α,β-unsaturated/α-hetero) is 1. The Morgan fingerprint density at radius 3 is 2.28 bits per heavy atom. The van der Waals surface area contributed by atoms with Gasteiger partial charge in [-0.05, 0) is 18.4 Å². The van der Waals surface area contributed by atoms with E-state index in [0.29, 0.717) is 0 Å². The van der Waals surface area contributed by atoms with Crippen LogP contribution in [0.2, 0.25) is 0 Å². The Morgan fingerprint density at radius 1 is 1.12 bits per heavy atom. The summed E-state index contributed by atoms with van der Waals surface area (Å²) in [5.41, 5.74) is 4.43. The molecule has 0 aliphatic carbocycles. The van der Waals surface area contributed by atoms with Crippen molar-refractivity contribution in [1.82, 2.24) is 5.32 Å². The molecule has 1 aromatic carbocycles. The zero-order chi connectivity index (χ0) is 24.1. The van der Waals surface area contributed by atoms with Crippen molar-refractivity contribution in [3.63, 3.8) is 0 Å². The van der Waals surface area contributed by atoms with E-state index < -0.39 is 35.7 Å². The highest BCUT2D eigenvalue weighted by Crippen LogP contribution is 2.20. The standard InChI is InChI=1S/C21H30N2O8S/c1-14(24)32-12-10-16(23-20(28)31-13-15-7-5-4-6-8-15)18(25)21(22,19(26)27)11-9-17(29-2)30-3/h4-8,16-17H,9-13,22H2,1-3H3,(H,23,28)(H,26,27). The molecule has 0 heterocycles. The largest absolute Gasteiger partial charge is 0.480 e. The fourth-order valence-electron chi connectivity index (χ4n) is 2.82. The summed E-state index contributed by atoms with van der Waals surface area (Å²) in [5, 5.41) is 11.9. The van der Waals surface area contributed by atoms with Gasteiger partial charge in [-0.2, -0.15) is 0 Å². The molecule has 1 amide bonds. The first-order valence-corrected chi connectivity index (χ1v) is 10.8. The molecule has 4 N–H and O–H groups in total. The van der Waals surface area contributed by atoms with E-state index in [4.69, 9.17) is 19.9 Å². The maximum absolute atomic E-state index is 13.1. The molecule has 2 unspecified atom stereocenters. The number of amides is 1. The summed E-state index contributed by atoms with van der Waals surface area (Å²) in [6.07, 6.45) is -1.91. The quantitative estimate of drug-likeness (QED) is 0.270. The van der Waals surface area contributed by atoms with Crippen LogP contribution < -0.4 is 11.1 Å². The number of aliphatic carboxylic acids is 1. The summed E-state index contributed by atoms with van der Waals surface area (Å²) >= 11 is 0.947. The third-order valence-corrected chi connectivity index (χ3v) is 5.50. The van der Waals surface area contributed by atoms with Crippen LogP contribution in [0.3, 0.4) is 0 Å². The van der Waals surface area contributed by atoms with Crippen molar-refractivity contribution in [3.8, 4) is 0 Å².